The van der Waals surface area contributed by atoms with Crippen molar-refractivity contribution in [3.05, 3.63) is 59.4 Å². The molecule has 0 fully saturated rings. The van der Waals surface area contributed by atoms with Crippen LogP contribution in [0, 0.1) is 12.8 Å². The van der Waals surface area contributed by atoms with Gasteiger partial charge in [-0.25, -0.2) is 4.98 Å². The highest BCUT2D eigenvalue weighted by Crippen LogP contribution is 2.26. The van der Waals surface area contributed by atoms with Gasteiger partial charge in [0, 0.05) is 12.5 Å². The third-order valence-electron chi connectivity index (χ3n) is 4.67. The number of aryl methyl sites for hydroxylation is 1. The van der Waals surface area contributed by atoms with Crippen LogP contribution in [0.1, 0.15) is 23.4 Å². The van der Waals surface area contributed by atoms with Gasteiger partial charge >= 0.3 is 0 Å². The number of carbonyl (C=O) groups is 1. The summed E-state index contributed by atoms with van der Waals surface area (Å²) < 4.78 is 5.75. The van der Waals surface area contributed by atoms with Crippen molar-refractivity contribution < 1.29 is 9.53 Å². The van der Waals surface area contributed by atoms with Crippen LogP contribution in [0.25, 0.3) is 11.0 Å². The maximum absolute atomic E-state index is 12.6. The first-order valence-electron chi connectivity index (χ1n) is 8.63. The Kier molecular flexibility index (Phi) is 4.14. The summed E-state index contributed by atoms with van der Waals surface area (Å²) in [6, 6.07) is 14.0. The summed E-state index contributed by atoms with van der Waals surface area (Å²) in [5, 5.41) is 3.07. The van der Waals surface area contributed by atoms with E-state index in [9.17, 15) is 4.79 Å². The minimum Gasteiger partial charge on any atom is -0.493 e. The van der Waals surface area contributed by atoms with E-state index < -0.39 is 0 Å². The molecular formula is C20H21N3O2. The zero-order valence-corrected chi connectivity index (χ0v) is 14.2. The largest absolute Gasteiger partial charge is 0.493 e. The molecule has 0 aliphatic carbocycles. The lowest BCUT2D eigenvalue weighted by atomic mass is 9.96. The van der Waals surface area contributed by atoms with E-state index in [1.165, 1.54) is 0 Å². The lowest BCUT2D eigenvalue weighted by Gasteiger charge is -2.14. The molecule has 4 rings (SSSR count). The minimum absolute atomic E-state index is 0.0539. The zero-order valence-electron chi connectivity index (χ0n) is 14.2. The van der Waals surface area contributed by atoms with Crippen LogP contribution in [-0.2, 0) is 17.8 Å². The molecule has 5 nitrogen and oxygen atoms in total. The second-order valence-corrected chi connectivity index (χ2v) is 6.54. The Hall–Kier alpha value is -2.82. The summed E-state index contributed by atoms with van der Waals surface area (Å²) in [4.78, 5) is 20.2. The van der Waals surface area contributed by atoms with Crippen LogP contribution in [0.15, 0.2) is 42.5 Å². The van der Waals surface area contributed by atoms with E-state index in [-0.39, 0.29) is 11.8 Å². The smallest absolute Gasteiger partial charge is 0.223 e. The maximum Gasteiger partial charge on any atom is 0.223 e. The van der Waals surface area contributed by atoms with Crippen LogP contribution in [0.3, 0.4) is 0 Å². The molecular weight excluding hydrogens is 314 g/mol. The van der Waals surface area contributed by atoms with Gasteiger partial charge in [0.2, 0.25) is 5.91 Å². The lowest BCUT2D eigenvalue weighted by Crippen LogP contribution is -2.31. The predicted molar refractivity (Wildman–Crippen MR) is 96.4 cm³/mol. The van der Waals surface area contributed by atoms with Crippen LogP contribution in [0.4, 0.5) is 0 Å². The summed E-state index contributed by atoms with van der Waals surface area (Å²) in [6.45, 7) is 3.04. The van der Waals surface area contributed by atoms with Gasteiger partial charge < -0.3 is 15.0 Å². The number of amides is 1. The van der Waals surface area contributed by atoms with E-state index in [2.05, 4.69) is 15.3 Å². The van der Waals surface area contributed by atoms with Gasteiger partial charge in [-0.15, -0.1) is 0 Å². The molecule has 1 atom stereocenters. The summed E-state index contributed by atoms with van der Waals surface area (Å²) in [5.41, 5.74) is 4.12. The fourth-order valence-corrected chi connectivity index (χ4v) is 3.34. The van der Waals surface area contributed by atoms with Gasteiger partial charge in [0.15, 0.2) is 0 Å². The van der Waals surface area contributed by atoms with Crippen molar-refractivity contribution in [2.24, 2.45) is 5.92 Å². The topological polar surface area (TPSA) is 67.0 Å². The number of ether oxygens (including phenoxy) is 1. The Balaban J connectivity index is 1.42. The average Bonchev–Trinajstić information content (AvgIpc) is 2.85. The molecule has 2 N–H and O–H groups in total. The van der Waals surface area contributed by atoms with Crippen molar-refractivity contribution in [2.45, 2.75) is 26.3 Å². The standard InChI is InChI=1S/C20H21N3O2/c1-13-22-17-7-6-14(10-18(17)23-13)12-21-20(24)16-8-9-25-19-5-3-2-4-15(19)11-16/h2-7,10,16H,8-9,11-12H2,1H3,(H,21,24)(H,22,23). The zero-order chi connectivity index (χ0) is 17.2. The predicted octanol–water partition coefficient (Wildman–Crippen LogP) is 3.13. The molecule has 1 amide bonds. The van der Waals surface area contributed by atoms with E-state index in [0.29, 0.717) is 13.2 Å². The summed E-state index contributed by atoms with van der Waals surface area (Å²) in [7, 11) is 0. The van der Waals surface area contributed by atoms with Crippen molar-refractivity contribution in [1.29, 1.82) is 0 Å². The quantitative estimate of drug-likeness (QED) is 0.773. The average molecular weight is 335 g/mol. The number of benzene rings is 2. The Bertz CT molecular complexity index is 916. The first kappa shape index (κ1) is 15.7. The fraction of sp³-hybridized carbons (Fsp3) is 0.300. The van der Waals surface area contributed by atoms with E-state index >= 15 is 0 Å². The Morgan fingerprint density at radius 2 is 2.20 bits per heavy atom. The van der Waals surface area contributed by atoms with Gasteiger partial charge in [-0.2, -0.15) is 0 Å². The number of carbonyl (C=O) groups excluding carboxylic acids is 1. The van der Waals surface area contributed by atoms with Gasteiger partial charge in [-0.3, -0.25) is 4.79 Å². The van der Waals surface area contributed by atoms with Gasteiger partial charge in [0.1, 0.15) is 11.6 Å². The summed E-state index contributed by atoms with van der Waals surface area (Å²) in [6.07, 6.45) is 1.46. The molecule has 0 radical (unpaired) electrons. The molecule has 2 heterocycles. The van der Waals surface area contributed by atoms with Crippen molar-refractivity contribution in [2.75, 3.05) is 6.61 Å². The lowest BCUT2D eigenvalue weighted by molar-refractivity contribution is -0.125. The number of fused-ring (bicyclic) bond motifs is 2. The number of H-pyrrole nitrogens is 1. The van der Waals surface area contributed by atoms with Gasteiger partial charge in [-0.05, 0) is 49.1 Å². The number of para-hydroxylation sites is 1. The first-order valence-corrected chi connectivity index (χ1v) is 8.63. The van der Waals surface area contributed by atoms with Crippen molar-refractivity contribution >= 4 is 16.9 Å². The molecule has 25 heavy (non-hydrogen) atoms. The number of nitrogens with one attached hydrogen (secondary N) is 2. The Labute approximate surface area is 146 Å². The Morgan fingerprint density at radius 3 is 3.12 bits per heavy atom. The molecule has 1 aliphatic rings. The SMILES string of the molecule is Cc1nc2ccc(CNC(=O)C3CCOc4ccccc4C3)cc2[nH]1. The maximum atomic E-state index is 12.6. The number of imidazole rings is 1. The molecule has 128 valence electrons. The second-order valence-electron chi connectivity index (χ2n) is 6.54. The molecule has 0 saturated carbocycles. The van der Waals surface area contributed by atoms with Crippen molar-refractivity contribution in [1.82, 2.24) is 15.3 Å². The molecule has 0 bridgehead atoms. The Morgan fingerprint density at radius 1 is 1.32 bits per heavy atom. The van der Waals surface area contributed by atoms with Crippen LogP contribution in [0.5, 0.6) is 5.75 Å². The second kappa shape index (κ2) is 6.59. The normalized spacial score (nSPS) is 16.8. The molecule has 0 saturated heterocycles. The molecule has 2 aromatic carbocycles. The van der Waals surface area contributed by atoms with Crippen molar-refractivity contribution in [3.8, 4) is 5.75 Å². The van der Waals surface area contributed by atoms with E-state index in [0.717, 1.165) is 46.6 Å². The highest BCUT2D eigenvalue weighted by atomic mass is 16.5. The fourth-order valence-electron chi connectivity index (χ4n) is 3.34. The van der Waals surface area contributed by atoms with Gasteiger partial charge in [0.25, 0.3) is 0 Å². The number of nitrogens with zero attached hydrogens (tertiary/aromatic N) is 1. The van der Waals surface area contributed by atoms with Crippen LogP contribution in [-0.4, -0.2) is 22.5 Å². The van der Waals surface area contributed by atoms with E-state index in [4.69, 9.17) is 4.74 Å². The number of rotatable bonds is 3. The molecule has 1 unspecified atom stereocenters. The monoisotopic (exact) mass is 335 g/mol. The molecule has 5 heteroatoms. The van der Waals surface area contributed by atoms with Crippen LogP contribution in [0.2, 0.25) is 0 Å². The highest BCUT2D eigenvalue weighted by Gasteiger charge is 2.23. The van der Waals surface area contributed by atoms with E-state index in [1.54, 1.807) is 0 Å². The number of hydrogen-bond acceptors (Lipinski definition) is 3. The van der Waals surface area contributed by atoms with Crippen LogP contribution >= 0.6 is 0 Å². The number of hydrogen-bond donors (Lipinski definition) is 2. The molecule has 1 aromatic heterocycles. The number of aromatic amines is 1. The van der Waals surface area contributed by atoms with Crippen LogP contribution < -0.4 is 10.1 Å². The minimum atomic E-state index is -0.0539. The molecule has 0 spiro atoms. The first-order chi connectivity index (χ1) is 12.2. The highest BCUT2D eigenvalue weighted by molar-refractivity contribution is 5.80. The molecule has 1 aliphatic heterocycles. The van der Waals surface area contributed by atoms with Gasteiger partial charge in [0.05, 0.1) is 17.6 Å². The summed E-state index contributed by atoms with van der Waals surface area (Å²) >= 11 is 0. The third-order valence-corrected chi connectivity index (χ3v) is 4.67. The van der Waals surface area contributed by atoms with Gasteiger partial charge in [-0.1, -0.05) is 24.3 Å². The summed E-state index contributed by atoms with van der Waals surface area (Å²) in [5.74, 6) is 1.83. The van der Waals surface area contributed by atoms with Crippen molar-refractivity contribution in [3.63, 3.8) is 0 Å². The van der Waals surface area contributed by atoms with E-state index in [1.807, 2.05) is 49.4 Å². The third kappa shape index (κ3) is 3.36. The molecule has 3 aromatic rings. The number of aromatic nitrogens is 2.